The van der Waals surface area contributed by atoms with Crippen LogP contribution in [0.15, 0.2) is 54.9 Å². The van der Waals surface area contributed by atoms with E-state index in [0.29, 0.717) is 24.2 Å². The van der Waals surface area contributed by atoms with Crippen molar-refractivity contribution in [2.24, 2.45) is 5.92 Å². The summed E-state index contributed by atoms with van der Waals surface area (Å²) in [6, 6.07) is 14.2. The summed E-state index contributed by atoms with van der Waals surface area (Å²) < 4.78 is 2.12. The Kier molecular flexibility index (Phi) is 4.76. The number of anilines is 2. The molecule has 0 unspecified atom stereocenters. The first-order valence-electron chi connectivity index (χ1n) is 11.2. The molecule has 0 aliphatic heterocycles. The molecule has 7 heteroatoms. The zero-order chi connectivity index (χ0) is 21.7. The molecule has 3 aromatic heterocycles. The number of pyridine rings is 1. The van der Waals surface area contributed by atoms with Crippen LogP contribution in [0.2, 0.25) is 5.02 Å². The van der Waals surface area contributed by atoms with Gasteiger partial charge in [-0.25, -0.2) is 15.0 Å². The first-order chi connectivity index (χ1) is 15.6. The number of nitrogens with one attached hydrogen (secondary N) is 1. The van der Waals surface area contributed by atoms with E-state index in [4.69, 9.17) is 27.3 Å². The van der Waals surface area contributed by atoms with Crippen molar-refractivity contribution in [3.05, 3.63) is 82.5 Å². The second-order valence-electron chi connectivity index (χ2n) is 9.04. The summed E-state index contributed by atoms with van der Waals surface area (Å²) in [5, 5.41) is 4.16. The van der Waals surface area contributed by atoms with Crippen molar-refractivity contribution in [3.63, 3.8) is 0 Å². The number of benzene rings is 1. The van der Waals surface area contributed by atoms with Gasteiger partial charge in [0, 0.05) is 29.9 Å². The number of nitrogens with zero attached hydrogens (tertiary/aromatic N) is 4. The van der Waals surface area contributed by atoms with E-state index in [2.05, 4.69) is 51.4 Å². The Hall–Kier alpha value is -3.12. The van der Waals surface area contributed by atoms with Crippen LogP contribution in [0.4, 0.5) is 11.6 Å². The maximum Gasteiger partial charge on any atom is 0.137 e. The lowest BCUT2D eigenvalue weighted by Crippen LogP contribution is -2.07. The molecule has 0 amide bonds. The van der Waals surface area contributed by atoms with Crippen molar-refractivity contribution in [3.8, 4) is 0 Å². The van der Waals surface area contributed by atoms with Crippen molar-refractivity contribution in [1.29, 1.82) is 0 Å². The van der Waals surface area contributed by atoms with Crippen LogP contribution in [-0.2, 0) is 13.0 Å². The highest BCUT2D eigenvalue weighted by molar-refractivity contribution is 6.30. The standard InChI is InChI=1S/C25H25ClN6/c26-19-3-1-2-16(8-19)21-9-18(21)10-24-30-22(27)11-23(31-24)28-12-20-14-32-13-17(15-4-5-15)6-7-25(32)29-20/h1-3,6-8,11,13-15,18,21H,4-5,9-10,12H2,(H3,27,28,30,31)/t18-,21+/m0/s1. The molecule has 2 aliphatic carbocycles. The lowest BCUT2D eigenvalue weighted by atomic mass is 10.1. The van der Waals surface area contributed by atoms with Crippen LogP contribution in [0.25, 0.3) is 5.65 Å². The van der Waals surface area contributed by atoms with Gasteiger partial charge in [0.05, 0.1) is 12.2 Å². The van der Waals surface area contributed by atoms with Crippen LogP contribution < -0.4 is 11.1 Å². The number of imidazole rings is 1. The number of fused-ring (bicyclic) bond motifs is 1. The van der Waals surface area contributed by atoms with E-state index >= 15 is 0 Å². The molecule has 0 saturated heterocycles. The zero-order valence-electron chi connectivity index (χ0n) is 17.7. The Balaban J connectivity index is 1.12. The number of hydrogen-bond donors (Lipinski definition) is 2. The van der Waals surface area contributed by atoms with E-state index in [-0.39, 0.29) is 0 Å². The van der Waals surface area contributed by atoms with Gasteiger partial charge in [0.1, 0.15) is 23.1 Å². The molecule has 1 aromatic carbocycles. The Bertz CT molecular complexity index is 1290. The van der Waals surface area contributed by atoms with E-state index in [1.165, 1.54) is 24.0 Å². The molecule has 4 aromatic rings. The third-order valence-corrected chi connectivity index (χ3v) is 6.69. The maximum absolute atomic E-state index is 6.15. The van der Waals surface area contributed by atoms with E-state index in [9.17, 15) is 0 Å². The molecular formula is C25H25ClN6. The second-order valence-corrected chi connectivity index (χ2v) is 9.48. The van der Waals surface area contributed by atoms with Crippen molar-refractivity contribution in [2.45, 2.75) is 44.1 Å². The molecule has 2 saturated carbocycles. The first-order valence-corrected chi connectivity index (χ1v) is 11.6. The Labute approximate surface area is 191 Å². The molecule has 2 fully saturated rings. The number of rotatable bonds is 7. The van der Waals surface area contributed by atoms with Gasteiger partial charge in [0.2, 0.25) is 0 Å². The van der Waals surface area contributed by atoms with Crippen molar-refractivity contribution in [2.75, 3.05) is 11.1 Å². The summed E-state index contributed by atoms with van der Waals surface area (Å²) >= 11 is 6.15. The largest absolute Gasteiger partial charge is 0.384 e. The van der Waals surface area contributed by atoms with E-state index in [0.717, 1.165) is 46.8 Å². The fourth-order valence-electron chi connectivity index (χ4n) is 4.54. The fourth-order valence-corrected chi connectivity index (χ4v) is 4.74. The molecule has 0 radical (unpaired) electrons. The summed E-state index contributed by atoms with van der Waals surface area (Å²) in [5.74, 6) is 3.79. The van der Waals surface area contributed by atoms with Gasteiger partial charge >= 0.3 is 0 Å². The monoisotopic (exact) mass is 444 g/mol. The quantitative estimate of drug-likeness (QED) is 0.409. The second kappa shape index (κ2) is 7.78. The maximum atomic E-state index is 6.15. The smallest absolute Gasteiger partial charge is 0.137 e. The highest BCUT2D eigenvalue weighted by atomic mass is 35.5. The molecule has 3 heterocycles. The summed E-state index contributed by atoms with van der Waals surface area (Å²) in [5.41, 5.74) is 10.7. The molecule has 0 spiro atoms. The third kappa shape index (κ3) is 4.15. The van der Waals surface area contributed by atoms with Gasteiger partial charge in [0.25, 0.3) is 0 Å². The number of nitrogen functional groups attached to an aromatic ring is 1. The molecule has 6 nitrogen and oxygen atoms in total. The first kappa shape index (κ1) is 19.6. The van der Waals surface area contributed by atoms with Gasteiger partial charge in [-0.3, -0.25) is 0 Å². The van der Waals surface area contributed by atoms with Crippen LogP contribution in [-0.4, -0.2) is 19.4 Å². The Morgan fingerprint density at radius 3 is 2.78 bits per heavy atom. The number of hydrogen-bond acceptors (Lipinski definition) is 5. The zero-order valence-corrected chi connectivity index (χ0v) is 18.5. The van der Waals surface area contributed by atoms with E-state index in [1.807, 2.05) is 12.1 Å². The molecule has 32 heavy (non-hydrogen) atoms. The van der Waals surface area contributed by atoms with Crippen LogP contribution in [0.5, 0.6) is 0 Å². The number of nitrogens with two attached hydrogens (primary N) is 1. The van der Waals surface area contributed by atoms with Crippen LogP contribution >= 0.6 is 11.6 Å². The molecule has 162 valence electrons. The van der Waals surface area contributed by atoms with Crippen LogP contribution in [0, 0.1) is 5.92 Å². The fraction of sp³-hybridized carbons (Fsp3) is 0.320. The Morgan fingerprint density at radius 1 is 1.03 bits per heavy atom. The summed E-state index contributed by atoms with van der Waals surface area (Å²) in [4.78, 5) is 13.9. The van der Waals surface area contributed by atoms with Gasteiger partial charge in [-0.05, 0) is 66.3 Å². The van der Waals surface area contributed by atoms with Crippen LogP contribution in [0.1, 0.15) is 53.7 Å². The van der Waals surface area contributed by atoms with Gasteiger partial charge in [-0.15, -0.1) is 0 Å². The highest BCUT2D eigenvalue weighted by Crippen LogP contribution is 2.49. The Morgan fingerprint density at radius 2 is 1.94 bits per heavy atom. The van der Waals surface area contributed by atoms with Crippen LogP contribution in [0.3, 0.4) is 0 Å². The van der Waals surface area contributed by atoms with Crippen molar-refractivity contribution < 1.29 is 0 Å². The van der Waals surface area contributed by atoms with E-state index < -0.39 is 0 Å². The predicted molar refractivity (Wildman–Crippen MR) is 127 cm³/mol. The molecule has 2 aliphatic rings. The topological polar surface area (TPSA) is 81.1 Å². The van der Waals surface area contributed by atoms with Crippen molar-refractivity contribution in [1.82, 2.24) is 19.4 Å². The summed E-state index contributed by atoms with van der Waals surface area (Å²) in [6.45, 7) is 0.588. The molecule has 0 bridgehead atoms. The highest BCUT2D eigenvalue weighted by Gasteiger charge is 2.38. The van der Waals surface area contributed by atoms with Gasteiger partial charge in [-0.1, -0.05) is 29.8 Å². The molecular weight excluding hydrogens is 420 g/mol. The van der Waals surface area contributed by atoms with Crippen molar-refractivity contribution >= 4 is 28.9 Å². The lowest BCUT2D eigenvalue weighted by molar-refractivity contribution is 0.746. The number of halogens is 1. The lowest BCUT2D eigenvalue weighted by Gasteiger charge is -2.07. The minimum absolute atomic E-state index is 0.488. The SMILES string of the molecule is Nc1cc(NCc2cn3cc(C4CC4)ccc3n2)nc(C[C@@H]2C[C@@H]2c2cccc(Cl)c2)n1. The predicted octanol–water partition coefficient (Wildman–Crippen LogP) is 5.20. The number of aromatic nitrogens is 4. The van der Waals surface area contributed by atoms with Gasteiger partial charge in [-0.2, -0.15) is 0 Å². The minimum atomic E-state index is 0.488. The summed E-state index contributed by atoms with van der Waals surface area (Å²) in [6.07, 6.45) is 8.83. The minimum Gasteiger partial charge on any atom is -0.384 e. The molecule has 3 N–H and O–H groups in total. The average Bonchev–Trinajstić information content (AvgIpc) is 3.69. The third-order valence-electron chi connectivity index (χ3n) is 6.46. The summed E-state index contributed by atoms with van der Waals surface area (Å²) in [7, 11) is 0. The van der Waals surface area contributed by atoms with Gasteiger partial charge < -0.3 is 15.5 Å². The van der Waals surface area contributed by atoms with E-state index in [1.54, 1.807) is 6.07 Å². The molecule has 2 atom stereocenters. The van der Waals surface area contributed by atoms with Gasteiger partial charge in [0.15, 0.2) is 0 Å². The average molecular weight is 445 g/mol. The normalized spacial score (nSPS) is 19.9. The molecule has 6 rings (SSSR count).